The van der Waals surface area contributed by atoms with Crippen LogP contribution in [0.15, 0.2) is 29.7 Å². The minimum absolute atomic E-state index is 0.0691. The molecule has 0 spiro atoms. The number of hydrogen-bond acceptors (Lipinski definition) is 3. The van der Waals surface area contributed by atoms with Crippen molar-refractivity contribution in [1.82, 2.24) is 10.3 Å². The first-order valence-corrected chi connectivity index (χ1v) is 8.53. The largest absolute Gasteiger partial charge is 0.356 e. The highest BCUT2D eigenvalue weighted by Gasteiger charge is 2.23. The number of aromatic nitrogens is 1. The van der Waals surface area contributed by atoms with E-state index in [2.05, 4.69) is 10.3 Å². The van der Waals surface area contributed by atoms with Crippen LogP contribution in [0.2, 0.25) is 0 Å². The summed E-state index contributed by atoms with van der Waals surface area (Å²) in [6, 6.07) is 4.21. The molecular formula is C15H15FN2O3S. The standard InChI is InChI=1S/C15H15FN2O3S/c1-9-12(11-3-2-4-13(16)15(11)17-9)7-14(19)18-10-5-6-22(20,21)8-10/h2-6,10,17H,7-8H2,1H3,(H,18,19)/t10-/m1/s1. The van der Waals surface area contributed by atoms with Gasteiger partial charge in [0.15, 0.2) is 9.84 Å². The fraction of sp³-hybridized carbons (Fsp3) is 0.267. The number of aromatic amines is 1. The second-order valence-corrected chi connectivity index (χ2v) is 7.33. The summed E-state index contributed by atoms with van der Waals surface area (Å²) in [5.74, 6) is -0.766. The summed E-state index contributed by atoms with van der Waals surface area (Å²) in [6.45, 7) is 1.78. The van der Waals surface area contributed by atoms with Crippen LogP contribution in [-0.2, 0) is 21.1 Å². The van der Waals surface area contributed by atoms with E-state index in [1.165, 1.54) is 12.1 Å². The smallest absolute Gasteiger partial charge is 0.225 e. The molecule has 116 valence electrons. The molecule has 2 aromatic rings. The number of para-hydroxylation sites is 1. The second-order valence-electron chi connectivity index (χ2n) is 5.40. The Kier molecular flexibility index (Phi) is 3.52. The first-order valence-electron chi connectivity index (χ1n) is 6.82. The van der Waals surface area contributed by atoms with Crippen molar-refractivity contribution in [3.05, 3.63) is 46.8 Å². The molecule has 7 heteroatoms. The second kappa shape index (κ2) is 5.24. The van der Waals surface area contributed by atoms with Gasteiger partial charge in [0.2, 0.25) is 5.91 Å². The molecule has 5 nitrogen and oxygen atoms in total. The van der Waals surface area contributed by atoms with Crippen LogP contribution in [0.5, 0.6) is 0 Å². The quantitative estimate of drug-likeness (QED) is 0.900. The molecule has 0 aliphatic carbocycles. The van der Waals surface area contributed by atoms with Crippen molar-refractivity contribution in [2.45, 2.75) is 19.4 Å². The van der Waals surface area contributed by atoms with Gasteiger partial charge in [-0.1, -0.05) is 12.1 Å². The lowest BCUT2D eigenvalue weighted by Crippen LogP contribution is -2.36. The zero-order valence-electron chi connectivity index (χ0n) is 11.9. The monoisotopic (exact) mass is 322 g/mol. The average molecular weight is 322 g/mol. The lowest BCUT2D eigenvalue weighted by atomic mass is 10.1. The Morgan fingerprint density at radius 3 is 2.91 bits per heavy atom. The van der Waals surface area contributed by atoms with Crippen LogP contribution in [0, 0.1) is 12.7 Å². The average Bonchev–Trinajstić information content (AvgIpc) is 2.92. The fourth-order valence-corrected chi connectivity index (χ4v) is 3.91. The summed E-state index contributed by atoms with van der Waals surface area (Å²) in [4.78, 5) is 15.1. The topological polar surface area (TPSA) is 79.0 Å². The van der Waals surface area contributed by atoms with E-state index >= 15 is 0 Å². The number of halogens is 1. The Balaban J connectivity index is 1.79. The number of fused-ring (bicyclic) bond motifs is 1. The third-order valence-corrected chi connectivity index (χ3v) is 5.11. The third-order valence-electron chi connectivity index (χ3n) is 3.72. The lowest BCUT2D eigenvalue weighted by molar-refractivity contribution is -0.120. The lowest BCUT2D eigenvalue weighted by Gasteiger charge is -2.10. The molecule has 0 bridgehead atoms. The van der Waals surface area contributed by atoms with Crippen LogP contribution in [0.3, 0.4) is 0 Å². The van der Waals surface area contributed by atoms with Gasteiger partial charge >= 0.3 is 0 Å². The van der Waals surface area contributed by atoms with Gasteiger partial charge in [-0.3, -0.25) is 4.79 Å². The van der Waals surface area contributed by atoms with Gasteiger partial charge < -0.3 is 10.3 Å². The van der Waals surface area contributed by atoms with Gasteiger partial charge in [-0.25, -0.2) is 12.8 Å². The van der Waals surface area contributed by atoms with Gasteiger partial charge in [0.05, 0.1) is 23.7 Å². The minimum atomic E-state index is -3.20. The highest BCUT2D eigenvalue weighted by Crippen LogP contribution is 2.24. The molecule has 3 rings (SSSR count). The number of carbonyl (C=O) groups is 1. The van der Waals surface area contributed by atoms with E-state index < -0.39 is 15.9 Å². The summed E-state index contributed by atoms with van der Waals surface area (Å²) < 4.78 is 36.4. The number of rotatable bonds is 3. The molecule has 22 heavy (non-hydrogen) atoms. The van der Waals surface area contributed by atoms with E-state index in [9.17, 15) is 17.6 Å². The summed E-state index contributed by atoms with van der Waals surface area (Å²) in [7, 11) is -3.20. The molecular weight excluding hydrogens is 307 g/mol. The number of aryl methyl sites for hydroxylation is 1. The van der Waals surface area contributed by atoms with Crippen LogP contribution in [0.4, 0.5) is 4.39 Å². The zero-order valence-corrected chi connectivity index (χ0v) is 12.7. The molecule has 1 atom stereocenters. The number of sulfone groups is 1. The number of benzene rings is 1. The van der Waals surface area contributed by atoms with Gasteiger partial charge in [0.1, 0.15) is 5.82 Å². The number of H-pyrrole nitrogens is 1. The van der Waals surface area contributed by atoms with E-state index in [1.54, 1.807) is 19.1 Å². The molecule has 1 aromatic carbocycles. The Morgan fingerprint density at radius 1 is 1.45 bits per heavy atom. The van der Waals surface area contributed by atoms with Crippen molar-refractivity contribution in [3.8, 4) is 0 Å². The number of hydrogen-bond donors (Lipinski definition) is 2. The number of carbonyl (C=O) groups excluding carboxylic acids is 1. The minimum Gasteiger partial charge on any atom is -0.356 e. The van der Waals surface area contributed by atoms with Crippen LogP contribution < -0.4 is 5.32 Å². The summed E-state index contributed by atoms with van der Waals surface area (Å²) in [5.41, 5.74) is 1.83. The SMILES string of the molecule is Cc1[nH]c2c(F)cccc2c1CC(=O)N[C@@H]1C=CS(=O)(=O)C1. The fourth-order valence-electron chi connectivity index (χ4n) is 2.68. The molecule has 1 aliphatic rings. The normalized spacial score (nSPS) is 19.6. The molecule has 0 fully saturated rings. The van der Waals surface area contributed by atoms with E-state index in [0.29, 0.717) is 10.9 Å². The molecule has 0 unspecified atom stereocenters. The summed E-state index contributed by atoms with van der Waals surface area (Å²) in [6.07, 6.45) is 1.54. The summed E-state index contributed by atoms with van der Waals surface area (Å²) in [5, 5.41) is 4.45. The molecule has 0 saturated heterocycles. The Hall–Kier alpha value is -2.15. The van der Waals surface area contributed by atoms with Crippen molar-refractivity contribution in [3.63, 3.8) is 0 Å². The van der Waals surface area contributed by atoms with Crippen LogP contribution in [-0.4, -0.2) is 31.1 Å². The van der Waals surface area contributed by atoms with Crippen LogP contribution >= 0.6 is 0 Å². The number of amides is 1. The van der Waals surface area contributed by atoms with Crippen LogP contribution in [0.25, 0.3) is 10.9 Å². The predicted octanol–water partition coefficient (Wildman–Crippen LogP) is 1.58. The molecule has 2 heterocycles. The maximum atomic E-state index is 13.7. The molecule has 1 amide bonds. The van der Waals surface area contributed by atoms with Crippen molar-refractivity contribution in [1.29, 1.82) is 0 Å². The first kappa shape index (κ1) is 14.8. The van der Waals surface area contributed by atoms with Crippen molar-refractivity contribution in [2.24, 2.45) is 0 Å². The maximum absolute atomic E-state index is 13.7. The van der Waals surface area contributed by atoms with Gasteiger partial charge in [-0.15, -0.1) is 0 Å². The van der Waals surface area contributed by atoms with Gasteiger partial charge in [0, 0.05) is 16.5 Å². The van der Waals surface area contributed by atoms with E-state index in [1.807, 2.05) is 0 Å². The van der Waals surface area contributed by atoms with Gasteiger partial charge in [-0.05, 0) is 24.6 Å². The first-order chi connectivity index (χ1) is 10.4. The van der Waals surface area contributed by atoms with Crippen molar-refractivity contribution in [2.75, 3.05) is 5.75 Å². The summed E-state index contributed by atoms with van der Waals surface area (Å²) >= 11 is 0. The number of nitrogens with one attached hydrogen (secondary N) is 2. The molecule has 0 radical (unpaired) electrons. The Bertz CT molecular complexity index is 884. The Labute approximate surface area is 127 Å². The zero-order chi connectivity index (χ0) is 15.9. The van der Waals surface area contributed by atoms with Crippen molar-refractivity contribution < 1.29 is 17.6 Å². The van der Waals surface area contributed by atoms with E-state index in [-0.39, 0.29) is 23.9 Å². The van der Waals surface area contributed by atoms with Crippen molar-refractivity contribution >= 4 is 26.6 Å². The molecule has 0 saturated carbocycles. The highest BCUT2D eigenvalue weighted by atomic mass is 32.2. The predicted molar refractivity (Wildman–Crippen MR) is 81.6 cm³/mol. The molecule has 1 aliphatic heterocycles. The molecule has 1 aromatic heterocycles. The molecule has 2 N–H and O–H groups in total. The third kappa shape index (κ3) is 2.76. The van der Waals surface area contributed by atoms with Gasteiger partial charge in [-0.2, -0.15) is 0 Å². The Morgan fingerprint density at radius 2 is 2.23 bits per heavy atom. The van der Waals surface area contributed by atoms with E-state index in [4.69, 9.17) is 0 Å². The van der Waals surface area contributed by atoms with Crippen LogP contribution in [0.1, 0.15) is 11.3 Å². The maximum Gasteiger partial charge on any atom is 0.225 e. The van der Waals surface area contributed by atoms with Gasteiger partial charge in [0.25, 0.3) is 0 Å². The van der Waals surface area contributed by atoms with E-state index in [0.717, 1.165) is 16.7 Å². The highest BCUT2D eigenvalue weighted by molar-refractivity contribution is 7.94.